The van der Waals surface area contributed by atoms with E-state index in [4.69, 9.17) is 4.98 Å². The van der Waals surface area contributed by atoms with Crippen molar-refractivity contribution in [2.75, 3.05) is 27.7 Å². The second-order valence-corrected chi connectivity index (χ2v) is 6.82. The van der Waals surface area contributed by atoms with Crippen molar-refractivity contribution in [3.05, 3.63) is 29.1 Å². The Morgan fingerprint density at radius 3 is 2.73 bits per heavy atom. The van der Waals surface area contributed by atoms with E-state index in [2.05, 4.69) is 45.0 Å². The van der Waals surface area contributed by atoms with Crippen molar-refractivity contribution in [2.45, 2.75) is 51.5 Å². The zero-order valence-electron chi connectivity index (χ0n) is 14.6. The molecule has 1 saturated heterocycles. The first-order valence-corrected chi connectivity index (χ1v) is 8.30. The minimum atomic E-state index is 0.248. The van der Waals surface area contributed by atoms with Gasteiger partial charge in [-0.2, -0.15) is 0 Å². The van der Waals surface area contributed by atoms with Gasteiger partial charge in [-0.1, -0.05) is 19.9 Å². The van der Waals surface area contributed by atoms with Crippen LogP contribution in [0.5, 0.6) is 0 Å². The van der Waals surface area contributed by atoms with Crippen LogP contribution in [0.1, 0.15) is 61.9 Å². The Balaban J connectivity index is 2.31. The van der Waals surface area contributed by atoms with Gasteiger partial charge < -0.3 is 9.80 Å². The third-order valence-corrected chi connectivity index (χ3v) is 4.71. The minimum absolute atomic E-state index is 0.248. The highest BCUT2D eigenvalue weighted by Gasteiger charge is 2.27. The molecule has 2 atom stereocenters. The lowest BCUT2D eigenvalue weighted by atomic mass is 9.87. The highest BCUT2D eigenvalue weighted by atomic mass is 16.2. The number of nitrogens with zero attached hydrogens (tertiary/aromatic N) is 3. The van der Waals surface area contributed by atoms with E-state index in [0.29, 0.717) is 18.3 Å². The third kappa shape index (κ3) is 3.86. The summed E-state index contributed by atoms with van der Waals surface area (Å²) in [5, 5.41) is 0. The van der Waals surface area contributed by atoms with Crippen LogP contribution in [-0.4, -0.2) is 48.4 Å². The highest BCUT2D eigenvalue weighted by molar-refractivity contribution is 5.77. The molecule has 0 saturated carbocycles. The summed E-state index contributed by atoms with van der Waals surface area (Å²) in [6, 6.07) is 4.38. The van der Waals surface area contributed by atoms with Gasteiger partial charge in [0.05, 0.1) is 5.69 Å². The van der Waals surface area contributed by atoms with E-state index in [-0.39, 0.29) is 5.91 Å². The average Bonchev–Trinajstić information content (AvgIpc) is 2.48. The van der Waals surface area contributed by atoms with E-state index in [0.717, 1.165) is 31.6 Å². The molecule has 1 aromatic heterocycles. The highest BCUT2D eigenvalue weighted by Crippen LogP contribution is 2.31. The third-order valence-electron chi connectivity index (χ3n) is 4.71. The minimum Gasteiger partial charge on any atom is -0.346 e. The summed E-state index contributed by atoms with van der Waals surface area (Å²) in [5.74, 6) is 1.05. The number of aromatic nitrogens is 1. The van der Waals surface area contributed by atoms with E-state index >= 15 is 0 Å². The van der Waals surface area contributed by atoms with Gasteiger partial charge in [0.15, 0.2) is 0 Å². The molecule has 1 amide bonds. The number of amides is 1. The fourth-order valence-corrected chi connectivity index (χ4v) is 3.02. The van der Waals surface area contributed by atoms with Gasteiger partial charge in [-0.05, 0) is 50.4 Å². The van der Waals surface area contributed by atoms with E-state index in [9.17, 15) is 4.79 Å². The fraction of sp³-hybridized carbons (Fsp3) is 0.667. The first-order chi connectivity index (χ1) is 10.4. The van der Waals surface area contributed by atoms with Crippen molar-refractivity contribution in [2.24, 2.45) is 0 Å². The summed E-state index contributed by atoms with van der Waals surface area (Å²) >= 11 is 0. The molecule has 122 valence electrons. The predicted molar refractivity (Wildman–Crippen MR) is 89.9 cm³/mol. The topological polar surface area (TPSA) is 36.4 Å². The van der Waals surface area contributed by atoms with Gasteiger partial charge in [0, 0.05) is 32.3 Å². The molecule has 0 N–H and O–H groups in total. The molecule has 2 rings (SSSR count). The molecule has 1 unspecified atom stereocenters. The van der Waals surface area contributed by atoms with Gasteiger partial charge in [0.2, 0.25) is 5.91 Å². The van der Waals surface area contributed by atoms with Crippen LogP contribution in [0.25, 0.3) is 0 Å². The number of hydrogen-bond donors (Lipinski definition) is 0. The first kappa shape index (κ1) is 16.9. The van der Waals surface area contributed by atoms with Crippen molar-refractivity contribution in [1.82, 2.24) is 14.8 Å². The molecule has 1 fully saturated rings. The van der Waals surface area contributed by atoms with Gasteiger partial charge in [-0.3, -0.25) is 9.78 Å². The molecule has 0 spiro atoms. The van der Waals surface area contributed by atoms with Crippen LogP contribution in [0.3, 0.4) is 0 Å². The maximum atomic E-state index is 12.0. The van der Waals surface area contributed by atoms with E-state index in [1.54, 1.807) is 0 Å². The molecule has 22 heavy (non-hydrogen) atoms. The number of carbonyl (C=O) groups excluding carboxylic acids is 1. The number of rotatable bonds is 5. The molecule has 4 nitrogen and oxygen atoms in total. The van der Waals surface area contributed by atoms with E-state index in [1.165, 1.54) is 11.3 Å². The molecule has 2 heterocycles. The molecule has 1 aromatic rings. The summed E-state index contributed by atoms with van der Waals surface area (Å²) < 4.78 is 0. The zero-order chi connectivity index (χ0) is 16.3. The Bertz CT molecular complexity index is 527. The molecule has 0 aromatic carbocycles. The number of hydrogen-bond acceptors (Lipinski definition) is 3. The van der Waals surface area contributed by atoms with Crippen LogP contribution >= 0.6 is 0 Å². The monoisotopic (exact) mass is 303 g/mol. The second kappa shape index (κ2) is 7.23. The lowest BCUT2D eigenvalue weighted by Gasteiger charge is -2.30. The summed E-state index contributed by atoms with van der Waals surface area (Å²) in [4.78, 5) is 21.0. The van der Waals surface area contributed by atoms with Crippen LogP contribution in [0, 0.1) is 0 Å². The van der Waals surface area contributed by atoms with Crippen molar-refractivity contribution in [3.8, 4) is 0 Å². The van der Waals surface area contributed by atoms with Crippen LogP contribution in [-0.2, 0) is 11.3 Å². The normalized spacial score (nSPS) is 20.5. The fourth-order valence-electron chi connectivity index (χ4n) is 3.02. The Hall–Kier alpha value is -1.42. The van der Waals surface area contributed by atoms with Crippen molar-refractivity contribution in [1.29, 1.82) is 0 Å². The van der Waals surface area contributed by atoms with Crippen LogP contribution in [0.4, 0.5) is 0 Å². The Labute approximate surface area is 134 Å². The number of carbonyl (C=O) groups is 1. The summed E-state index contributed by atoms with van der Waals surface area (Å²) in [6.07, 6.45) is 2.74. The zero-order valence-corrected chi connectivity index (χ0v) is 14.6. The molecule has 1 aliphatic heterocycles. The Morgan fingerprint density at radius 1 is 1.41 bits per heavy atom. The maximum absolute atomic E-state index is 12.0. The Kier molecular flexibility index (Phi) is 5.57. The number of pyridine rings is 1. The molecule has 1 aliphatic rings. The number of piperidine rings is 1. The van der Waals surface area contributed by atoms with Crippen LogP contribution in [0.15, 0.2) is 12.1 Å². The lowest BCUT2D eigenvalue weighted by Crippen LogP contribution is -2.35. The quantitative estimate of drug-likeness (QED) is 0.839. The maximum Gasteiger partial charge on any atom is 0.222 e. The van der Waals surface area contributed by atoms with Gasteiger partial charge in [0.25, 0.3) is 0 Å². The number of likely N-dealkylation sites (tertiary alicyclic amines) is 1. The average molecular weight is 303 g/mol. The molecule has 0 radical (unpaired) electrons. The standard InChI is InChI=1S/C18H29N3O/c1-6-13(2)16-8-7-15(17(19-16)12-20(3)4)14-9-10-21(5)18(22)11-14/h7-8,13-14H,6,9-12H2,1-5H3/t13?,14-/m0/s1. The van der Waals surface area contributed by atoms with Gasteiger partial charge in [-0.25, -0.2) is 0 Å². The van der Waals surface area contributed by atoms with Gasteiger partial charge in [-0.15, -0.1) is 0 Å². The smallest absolute Gasteiger partial charge is 0.222 e. The lowest BCUT2D eigenvalue weighted by molar-refractivity contribution is -0.132. The van der Waals surface area contributed by atoms with Gasteiger partial charge >= 0.3 is 0 Å². The van der Waals surface area contributed by atoms with Crippen molar-refractivity contribution in [3.63, 3.8) is 0 Å². The molecular weight excluding hydrogens is 274 g/mol. The molecule has 4 heteroatoms. The van der Waals surface area contributed by atoms with E-state index in [1.807, 2.05) is 11.9 Å². The molecular formula is C18H29N3O. The second-order valence-electron chi connectivity index (χ2n) is 6.82. The predicted octanol–water partition coefficient (Wildman–Crippen LogP) is 2.99. The van der Waals surface area contributed by atoms with E-state index < -0.39 is 0 Å². The van der Waals surface area contributed by atoms with Gasteiger partial charge in [0.1, 0.15) is 0 Å². The SMILES string of the molecule is CCC(C)c1ccc([C@H]2CCN(C)C(=O)C2)c(CN(C)C)n1. The van der Waals surface area contributed by atoms with Crippen LogP contribution < -0.4 is 0 Å². The largest absolute Gasteiger partial charge is 0.346 e. The molecule has 0 aliphatic carbocycles. The Morgan fingerprint density at radius 2 is 2.14 bits per heavy atom. The summed E-state index contributed by atoms with van der Waals surface area (Å²) in [6.45, 7) is 6.10. The van der Waals surface area contributed by atoms with Crippen LogP contribution in [0.2, 0.25) is 0 Å². The summed E-state index contributed by atoms with van der Waals surface area (Å²) in [5.41, 5.74) is 3.58. The summed E-state index contributed by atoms with van der Waals surface area (Å²) in [7, 11) is 6.03. The first-order valence-electron chi connectivity index (χ1n) is 8.30. The molecule has 0 bridgehead atoms. The van der Waals surface area contributed by atoms with Crippen molar-refractivity contribution < 1.29 is 4.79 Å². The van der Waals surface area contributed by atoms with Crippen molar-refractivity contribution >= 4 is 5.91 Å².